The maximum Gasteiger partial charge on any atom is 0.128 e. The lowest BCUT2D eigenvalue weighted by molar-refractivity contribution is 0.890. The Hall–Kier alpha value is -0.470. The molecule has 0 aromatic carbocycles. The summed E-state index contributed by atoms with van der Waals surface area (Å²) in [6.45, 7) is 0. The van der Waals surface area contributed by atoms with Crippen molar-refractivity contribution in [1.82, 2.24) is 4.98 Å². The zero-order chi connectivity index (χ0) is 10.1. The number of hydrogen-bond donors (Lipinski definition) is 0. The van der Waals surface area contributed by atoms with Crippen molar-refractivity contribution in [2.45, 2.75) is 24.8 Å². The van der Waals surface area contributed by atoms with Crippen LogP contribution in [0.25, 0.3) is 0 Å². The topological polar surface area (TPSA) is 16.1 Å². The zero-order valence-electron chi connectivity index (χ0n) is 8.00. The second-order valence-corrected chi connectivity index (χ2v) is 4.28. The van der Waals surface area contributed by atoms with E-state index < -0.39 is 0 Å². The number of hydrogen-bond acceptors (Lipinski definition) is 2. The van der Waals surface area contributed by atoms with Gasteiger partial charge in [-0.1, -0.05) is 11.6 Å². The van der Waals surface area contributed by atoms with Crippen molar-refractivity contribution in [3.63, 3.8) is 0 Å². The van der Waals surface area contributed by atoms with Crippen molar-refractivity contribution >= 4 is 29.0 Å². The molecule has 1 saturated carbocycles. The quantitative estimate of drug-likeness (QED) is 0.743. The molecular formula is C10H12Cl2N2. The van der Waals surface area contributed by atoms with Crippen LogP contribution in [-0.2, 0) is 5.88 Å². The van der Waals surface area contributed by atoms with Gasteiger partial charge in [0.15, 0.2) is 0 Å². The molecule has 0 radical (unpaired) electrons. The molecule has 1 fully saturated rings. The van der Waals surface area contributed by atoms with Gasteiger partial charge in [-0.2, -0.15) is 0 Å². The lowest BCUT2D eigenvalue weighted by atomic mass is 10.3. The minimum absolute atomic E-state index is 0.437. The van der Waals surface area contributed by atoms with E-state index in [0.29, 0.717) is 16.9 Å². The van der Waals surface area contributed by atoms with Gasteiger partial charge in [-0.05, 0) is 24.5 Å². The molecule has 76 valence electrons. The van der Waals surface area contributed by atoms with E-state index in [1.165, 1.54) is 12.8 Å². The predicted molar refractivity (Wildman–Crippen MR) is 60.2 cm³/mol. The second-order valence-electron chi connectivity index (χ2n) is 3.61. The smallest absolute Gasteiger partial charge is 0.128 e. The van der Waals surface area contributed by atoms with Crippen LogP contribution in [-0.4, -0.2) is 18.1 Å². The monoisotopic (exact) mass is 230 g/mol. The van der Waals surface area contributed by atoms with E-state index in [-0.39, 0.29) is 0 Å². The summed E-state index contributed by atoms with van der Waals surface area (Å²) in [4.78, 5) is 6.47. The first-order valence-electron chi connectivity index (χ1n) is 4.65. The van der Waals surface area contributed by atoms with Gasteiger partial charge in [0.2, 0.25) is 0 Å². The Morgan fingerprint density at radius 3 is 2.86 bits per heavy atom. The van der Waals surface area contributed by atoms with Gasteiger partial charge in [-0.15, -0.1) is 11.6 Å². The molecule has 0 atom stereocenters. The van der Waals surface area contributed by atoms with Crippen molar-refractivity contribution in [3.8, 4) is 0 Å². The first kappa shape index (κ1) is 10.1. The highest BCUT2D eigenvalue weighted by molar-refractivity contribution is 6.32. The maximum atomic E-state index is 5.93. The number of aromatic nitrogens is 1. The molecule has 1 aromatic heterocycles. The average Bonchev–Trinajstić information content (AvgIpc) is 3.01. The van der Waals surface area contributed by atoms with Crippen LogP contribution >= 0.6 is 23.2 Å². The van der Waals surface area contributed by atoms with Crippen LogP contribution in [0.15, 0.2) is 12.3 Å². The van der Waals surface area contributed by atoms with Crippen molar-refractivity contribution in [2.75, 3.05) is 11.9 Å². The van der Waals surface area contributed by atoms with Gasteiger partial charge >= 0.3 is 0 Å². The van der Waals surface area contributed by atoms with E-state index in [2.05, 4.69) is 16.9 Å². The third-order valence-corrected chi connectivity index (χ3v) is 3.15. The van der Waals surface area contributed by atoms with Crippen LogP contribution in [0.5, 0.6) is 0 Å². The van der Waals surface area contributed by atoms with Gasteiger partial charge < -0.3 is 4.90 Å². The number of nitrogens with zero attached hydrogens (tertiary/aromatic N) is 2. The highest BCUT2D eigenvalue weighted by atomic mass is 35.5. The SMILES string of the molecule is CN(c1cc(CCl)c(Cl)cn1)C1CC1. The molecule has 0 spiro atoms. The Morgan fingerprint density at radius 2 is 2.29 bits per heavy atom. The summed E-state index contributed by atoms with van der Waals surface area (Å²) in [5, 5.41) is 0.646. The second kappa shape index (κ2) is 3.95. The van der Waals surface area contributed by atoms with E-state index >= 15 is 0 Å². The summed E-state index contributed by atoms with van der Waals surface area (Å²) in [6, 6.07) is 2.63. The summed E-state index contributed by atoms with van der Waals surface area (Å²) in [5.74, 6) is 1.40. The minimum atomic E-state index is 0.437. The average molecular weight is 231 g/mol. The summed E-state index contributed by atoms with van der Waals surface area (Å²) < 4.78 is 0. The molecule has 1 heterocycles. The lowest BCUT2D eigenvalue weighted by Gasteiger charge is -2.17. The summed E-state index contributed by atoms with van der Waals surface area (Å²) in [7, 11) is 2.06. The zero-order valence-corrected chi connectivity index (χ0v) is 9.52. The highest BCUT2D eigenvalue weighted by Crippen LogP contribution is 2.30. The van der Waals surface area contributed by atoms with Crippen LogP contribution in [0, 0.1) is 0 Å². The van der Waals surface area contributed by atoms with Crippen molar-refractivity contribution in [1.29, 1.82) is 0 Å². The maximum absolute atomic E-state index is 5.93. The molecule has 14 heavy (non-hydrogen) atoms. The fourth-order valence-electron chi connectivity index (χ4n) is 1.41. The molecule has 0 unspecified atom stereocenters. The summed E-state index contributed by atoms with van der Waals surface area (Å²) >= 11 is 11.7. The number of halogens is 2. The van der Waals surface area contributed by atoms with Gasteiger partial charge in [-0.25, -0.2) is 4.98 Å². The number of anilines is 1. The fraction of sp³-hybridized carbons (Fsp3) is 0.500. The molecule has 0 saturated heterocycles. The largest absolute Gasteiger partial charge is 0.357 e. The normalized spacial score (nSPS) is 15.6. The third-order valence-electron chi connectivity index (χ3n) is 2.52. The molecule has 0 bridgehead atoms. The van der Waals surface area contributed by atoms with Crippen molar-refractivity contribution in [3.05, 3.63) is 22.8 Å². The van der Waals surface area contributed by atoms with E-state index in [9.17, 15) is 0 Å². The van der Waals surface area contributed by atoms with E-state index in [0.717, 1.165) is 11.4 Å². The number of alkyl halides is 1. The van der Waals surface area contributed by atoms with Gasteiger partial charge in [0.25, 0.3) is 0 Å². The summed E-state index contributed by atoms with van der Waals surface area (Å²) in [6.07, 6.45) is 4.20. The van der Waals surface area contributed by atoms with E-state index in [1.54, 1.807) is 6.20 Å². The first-order valence-corrected chi connectivity index (χ1v) is 5.57. The molecule has 1 aliphatic rings. The molecular weight excluding hydrogens is 219 g/mol. The molecule has 0 amide bonds. The molecule has 0 aliphatic heterocycles. The van der Waals surface area contributed by atoms with Gasteiger partial charge in [0, 0.05) is 25.2 Å². The Morgan fingerprint density at radius 1 is 1.57 bits per heavy atom. The molecule has 0 N–H and O–H groups in total. The highest BCUT2D eigenvalue weighted by Gasteiger charge is 2.27. The lowest BCUT2D eigenvalue weighted by Crippen LogP contribution is -2.20. The van der Waals surface area contributed by atoms with Crippen LogP contribution in [0.1, 0.15) is 18.4 Å². The Bertz CT molecular complexity index is 337. The van der Waals surface area contributed by atoms with E-state index in [4.69, 9.17) is 23.2 Å². The van der Waals surface area contributed by atoms with E-state index in [1.807, 2.05) is 6.07 Å². The minimum Gasteiger partial charge on any atom is -0.357 e. The van der Waals surface area contributed by atoms with Crippen LogP contribution in [0.4, 0.5) is 5.82 Å². The standard InChI is InChI=1S/C10H12Cl2N2/c1-14(8-2-3-8)10-4-7(5-11)9(12)6-13-10/h4,6,8H,2-3,5H2,1H3. The molecule has 2 rings (SSSR count). The molecule has 4 heteroatoms. The molecule has 1 aromatic rings. The molecule has 2 nitrogen and oxygen atoms in total. The van der Waals surface area contributed by atoms with Crippen LogP contribution < -0.4 is 4.90 Å². The Kier molecular flexibility index (Phi) is 2.84. The van der Waals surface area contributed by atoms with Crippen molar-refractivity contribution in [2.24, 2.45) is 0 Å². The van der Waals surface area contributed by atoms with Gasteiger partial charge in [0.1, 0.15) is 5.82 Å². The van der Waals surface area contributed by atoms with Crippen molar-refractivity contribution < 1.29 is 0 Å². The predicted octanol–water partition coefficient (Wildman–Crippen LogP) is 3.07. The Balaban J connectivity index is 2.25. The first-order chi connectivity index (χ1) is 6.72. The molecule has 1 aliphatic carbocycles. The third kappa shape index (κ3) is 1.96. The Labute approximate surface area is 93.8 Å². The van der Waals surface area contributed by atoms with Crippen LogP contribution in [0.3, 0.4) is 0 Å². The fourth-order valence-corrected chi connectivity index (χ4v) is 1.87. The number of rotatable bonds is 3. The van der Waals surface area contributed by atoms with Gasteiger partial charge in [0.05, 0.1) is 5.02 Å². The number of pyridine rings is 1. The van der Waals surface area contributed by atoms with Gasteiger partial charge in [-0.3, -0.25) is 0 Å². The van der Waals surface area contributed by atoms with Crippen LogP contribution in [0.2, 0.25) is 5.02 Å². The summed E-state index contributed by atoms with van der Waals surface area (Å²) in [5.41, 5.74) is 0.950.